The Hall–Kier alpha value is -1.06. The number of hydrogen-bond donors (Lipinski definition) is 1. The zero-order valence-corrected chi connectivity index (χ0v) is 10.7. The highest BCUT2D eigenvalue weighted by atomic mass is 16.4. The molecule has 1 unspecified atom stereocenters. The minimum atomic E-state index is -0.783. The summed E-state index contributed by atoms with van der Waals surface area (Å²) in [5, 5.41) is 8.92. The van der Waals surface area contributed by atoms with Crippen molar-refractivity contribution in [3.8, 4) is 0 Å². The first kappa shape index (κ1) is 12.0. The fraction of sp³-hybridized carbons (Fsp3) is 0.857. The summed E-state index contributed by atoms with van der Waals surface area (Å²) >= 11 is 0. The molecule has 1 N–H and O–H groups in total. The van der Waals surface area contributed by atoms with Crippen LogP contribution < -0.4 is 0 Å². The van der Waals surface area contributed by atoms with Gasteiger partial charge in [0.2, 0.25) is 5.91 Å². The Kier molecular flexibility index (Phi) is 3.04. The maximum absolute atomic E-state index is 12.6. The molecule has 1 aliphatic heterocycles. The third-order valence-electron chi connectivity index (χ3n) is 4.62. The van der Waals surface area contributed by atoms with Gasteiger partial charge >= 0.3 is 5.97 Å². The number of nitrogens with zero attached hydrogens (tertiary/aromatic N) is 1. The summed E-state index contributed by atoms with van der Waals surface area (Å²) in [6.07, 6.45) is 6.74. The van der Waals surface area contributed by atoms with E-state index in [1.165, 1.54) is 25.7 Å². The Morgan fingerprint density at radius 3 is 2.22 bits per heavy atom. The Balaban J connectivity index is 1.67. The van der Waals surface area contributed by atoms with E-state index in [1.54, 1.807) is 0 Å². The molecular weight excluding hydrogens is 230 g/mol. The fourth-order valence-corrected chi connectivity index (χ4v) is 3.43. The van der Waals surface area contributed by atoms with Crippen LogP contribution in [0.4, 0.5) is 0 Å². The Morgan fingerprint density at radius 2 is 1.72 bits per heavy atom. The quantitative estimate of drug-likeness (QED) is 0.811. The van der Waals surface area contributed by atoms with Crippen molar-refractivity contribution in [2.24, 2.45) is 17.8 Å². The molecule has 3 fully saturated rings. The molecule has 1 heterocycles. The predicted molar refractivity (Wildman–Crippen MR) is 65.9 cm³/mol. The van der Waals surface area contributed by atoms with Crippen LogP contribution in [0.15, 0.2) is 0 Å². The van der Waals surface area contributed by atoms with E-state index in [-0.39, 0.29) is 24.3 Å². The first-order valence-corrected chi connectivity index (χ1v) is 7.19. The van der Waals surface area contributed by atoms with E-state index in [1.807, 2.05) is 4.90 Å². The lowest BCUT2D eigenvalue weighted by atomic mass is 9.95. The number of carboxylic acid groups (broad SMARTS) is 1. The lowest BCUT2D eigenvalue weighted by molar-refractivity contribution is -0.142. The molecule has 100 valence electrons. The van der Waals surface area contributed by atoms with Crippen LogP contribution in [0.3, 0.4) is 0 Å². The molecular formula is C14H21NO3. The molecule has 0 bridgehead atoms. The molecule has 4 nitrogen and oxygen atoms in total. The van der Waals surface area contributed by atoms with Gasteiger partial charge in [-0.3, -0.25) is 9.59 Å². The maximum Gasteiger partial charge on any atom is 0.305 e. The van der Waals surface area contributed by atoms with Gasteiger partial charge in [0.15, 0.2) is 0 Å². The lowest BCUT2D eigenvalue weighted by Gasteiger charge is -2.28. The number of amides is 1. The fourth-order valence-electron chi connectivity index (χ4n) is 3.43. The minimum Gasteiger partial charge on any atom is -0.481 e. The number of rotatable bonds is 5. The predicted octanol–water partition coefficient (Wildman–Crippen LogP) is 1.89. The molecule has 1 amide bonds. The van der Waals surface area contributed by atoms with E-state index in [9.17, 15) is 9.59 Å². The summed E-state index contributed by atoms with van der Waals surface area (Å²) < 4.78 is 0. The third kappa shape index (κ3) is 2.38. The molecule has 0 spiro atoms. The van der Waals surface area contributed by atoms with Crippen LogP contribution in [-0.4, -0.2) is 34.5 Å². The molecule has 0 aromatic heterocycles. The second kappa shape index (κ2) is 4.56. The Morgan fingerprint density at radius 1 is 1.11 bits per heavy atom. The first-order valence-electron chi connectivity index (χ1n) is 7.19. The molecule has 2 saturated carbocycles. The number of carboxylic acids is 1. The average molecular weight is 251 g/mol. The van der Waals surface area contributed by atoms with Gasteiger partial charge in [-0.15, -0.1) is 0 Å². The van der Waals surface area contributed by atoms with Gasteiger partial charge in [0, 0.05) is 18.5 Å². The summed E-state index contributed by atoms with van der Waals surface area (Å²) in [7, 11) is 0. The lowest BCUT2D eigenvalue weighted by Crippen LogP contribution is -2.42. The summed E-state index contributed by atoms with van der Waals surface area (Å²) in [6, 6.07) is -0.0463. The topological polar surface area (TPSA) is 57.6 Å². The van der Waals surface area contributed by atoms with Crippen molar-refractivity contribution in [1.29, 1.82) is 0 Å². The molecule has 0 aromatic rings. The van der Waals surface area contributed by atoms with Crippen molar-refractivity contribution < 1.29 is 14.7 Å². The molecule has 4 heteroatoms. The Labute approximate surface area is 107 Å². The van der Waals surface area contributed by atoms with E-state index < -0.39 is 5.97 Å². The molecule has 3 rings (SSSR count). The van der Waals surface area contributed by atoms with E-state index in [2.05, 4.69) is 0 Å². The largest absolute Gasteiger partial charge is 0.481 e. The van der Waals surface area contributed by atoms with Crippen molar-refractivity contribution in [3.05, 3.63) is 0 Å². The zero-order chi connectivity index (χ0) is 12.7. The number of likely N-dealkylation sites (tertiary alicyclic amines) is 1. The van der Waals surface area contributed by atoms with Gasteiger partial charge in [0.05, 0.1) is 6.42 Å². The van der Waals surface area contributed by atoms with Crippen LogP contribution in [0.2, 0.25) is 0 Å². The summed E-state index contributed by atoms with van der Waals surface area (Å²) in [5.41, 5.74) is 0. The second-order valence-electron chi connectivity index (χ2n) is 6.13. The zero-order valence-electron chi connectivity index (χ0n) is 10.7. The van der Waals surface area contributed by atoms with Gasteiger partial charge < -0.3 is 10.0 Å². The molecule has 0 radical (unpaired) electrons. The molecule has 2 aliphatic carbocycles. The minimum absolute atomic E-state index is 0.0463. The van der Waals surface area contributed by atoms with E-state index in [0.29, 0.717) is 11.8 Å². The van der Waals surface area contributed by atoms with Crippen molar-refractivity contribution >= 4 is 11.9 Å². The van der Waals surface area contributed by atoms with Crippen molar-refractivity contribution in [2.45, 2.75) is 51.0 Å². The number of carbonyl (C=O) groups is 2. The molecule has 1 saturated heterocycles. The third-order valence-corrected chi connectivity index (χ3v) is 4.62. The molecule has 3 aliphatic rings. The number of hydrogen-bond acceptors (Lipinski definition) is 2. The van der Waals surface area contributed by atoms with Gasteiger partial charge in [-0.05, 0) is 50.4 Å². The van der Waals surface area contributed by atoms with Gasteiger partial charge in [-0.25, -0.2) is 0 Å². The molecule has 1 atom stereocenters. The SMILES string of the molecule is O=C(O)CC1CCCN1C(=O)C(C1CC1)C1CC1. The summed E-state index contributed by atoms with van der Waals surface area (Å²) in [6.45, 7) is 0.771. The van der Waals surface area contributed by atoms with Gasteiger partial charge in [0.25, 0.3) is 0 Å². The van der Waals surface area contributed by atoms with Crippen LogP contribution in [-0.2, 0) is 9.59 Å². The van der Waals surface area contributed by atoms with Crippen molar-refractivity contribution in [3.63, 3.8) is 0 Å². The highest BCUT2D eigenvalue weighted by Gasteiger charge is 2.48. The second-order valence-corrected chi connectivity index (χ2v) is 6.13. The smallest absolute Gasteiger partial charge is 0.305 e. The van der Waals surface area contributed by atoms with Crippen LogP contribution in [0.5, 0.6) is 0 Å². The van der Waals surface area contributed by atoms with Crippen LogP contribution in [0.1, 0.15) is 44.9 Å². The van der Waals surface area contributed by atoms with E-state index >= 15 is 0 Å². The van der Waals surface area contributed by atoms with E-state index in [0.717, 1.165) is 19.4 Å². The summed E-state index contributed by atoms with van der Waals surface area (Å²) in [5.74, 6) is 0.921. The normalized spacial score (nSPS) is 27.8. The van der Waals surface area contributed by atoms with Crippen LogP contribution in [0.25, 0.3) is 0 Å². The monoisotopic (exact) mass is 251 g/mol. The maximum atomic E-state index is 12.6. The van der Waals surface area contributed by atoms with Crippen LogP contribution >= 0.6 is 0 Å². The standard InChI is InChI=1S/C14H21NO3/c16-12(17)8-11-2-1-7-15(11)14(18)13(9-3-4-9)10-5-6-10/h9-11,13H,1-8H2,(H,16,17). The number of aliphatic carboxylic acids is 1. The molecule has 18 heavy (non-hydrogen) atoms. The summed E-state index contributed by atoms with van der Waals surface area (Å²) in [4.78, 5) is 25.4. The average Bonchev–Trinajstić information content (AvgIpc) is 3.21. The van der Waals surface area contributed by atoms with Gasteiger partial charge in [-0.1, -0.05) is 0 Å². The highest BCUT2D eigenvalue weighted by molar-refractivity contribution is 5.81. The first-order chi connectivity index (χ1) is 8.66. The van der Waals surface area contributed by atoms with E-state index in [4.69, 9.17) is 5.11 Å². The molecule has 0 aromatic carbocycles. The number of carbonyl (C=O) groups excluding carboxylic acids is 1. The van der Waals surface area contributed by atoms with Gasteiger partial charge in [-0.2, -0.15) is 0 Å². The Bertz CT molecular complexity index is 348. The van der Waals surface area contributed by atoms with Crippen LogP contribution in [0, 0.1) is 17.8 Å². The van der Waals surface area contributed by atoms with Crippen molar-refractivity contribution in [1.82, 2.24) is 4.90 Å². The highest BCUT2D eigenvalue weighted by Crippen LogP contribution is 2.50. The van der Waals surface area contributed by atoms with Gasteiger partial charge in [0.1, 0.15) is 0 Å². The van der Waals surface area contributed by atoms with Crippen molar-refractivity contribution in [2.75, 3.05) is 6.54 Å².